The number of alkyl halides is 2. The highest BCUT2D eigenvalue weighted by Gasteiger charge is 2.17. The predicted molar refractivity (Wildman–Crippen MR) is 59.8 cm³/mol. The molecule has 2 nitrogen and oxygen atoms in total. The van der Waals surface area contributed by atoms with Gasteiger partial charge in [-0.2, -0.15) is 5.10 Å². The molecule has 1 aromatic heterocycles. The average molecular weight is 224 g/mol. The van der Waals surface area contributed by atoms with Gasteiger partial charge < -0.3 is 0 Å². The Morgan fingerprint density at radius 1 is 1.19 bits per heavy atom. The molecule has 16 heavy (non-hydrogen) atoms. The summed E-state index contributed by atoms with van der Waals surface area (Å²) in [6, 6.07) is 3.31. The molecule has 0 spiro atoms. The van der Waals surface area contributed by atoms with Gasteiger partial charge in [0.1, 0.15) is 0 Å². The number of fused-ring (bicyclic) bond motifs is 1. The van der Waals surface area contributed by atoms with Gasteiger partial charge in [-0.3, -0.25) is 4.68 Å². The predicted octanol–water partition coefficient (Wildman–Crippen LogP) is 3.63. The summed E-state index contributed by atoms with van der Waals surface area (Å²) >= 11 is 0. The fourth-order valence-electron chi connectivity index (χ4n) is 1.92. The number of halogens is 2. The molecule has 0 atom stereocenters. The van der Waals surface area contributed by atoms with Crippen molar-refractivity contribution in [2.24, 2.45) is 7.05 Å². The number of aromatic nitrogens is 2. The van der Waals surface area contributed by atoms with E-state index in [-0.39, 0.29) is 11.5 Å². The van der Waals surface area contributed by atoms with E-state index in [1.54, 1.807) is 11.7 Å². The zero-order chi connectivity index (χ0) is 11.9. The summed E-state index contributed by atoms with van der Waals surface area (Å²) in [4.78, 5) is 0. The largest absolute Gasteiger partial charge is 0.275 e. The van der Waals surface area contributed by atoms with Crippen molar-refractivity contribution in [3.63, 3.8) is 0 Å². The van der Waals surface area contributed by atoms with Crippen molar-refractivity contribution in [3.8, 4) is 0 Å². The second kappa shape index (κ2) is 3.85. The summed E-state index contributed by atoms with van der Waals surface area (Å²) in [6.45, 7) is 3.84. The molecule has 0 aliphatic carbocycles. The van der Waals surface area contributed by atoms with E-state index in [1.165, 1.54) is 6.07 Å². The number of rotatable bonds is 2. The second-order valence-corrected chi connectivity index (χ2v) is 4.30. The molecule has 0 fully saturated rings. The first-order valence-corrected chi connectivity index (χ1v) is 5.24. The molecule has 0 aliphatic heterocycles. The summed E-state index contributed by atoms with van der Waals surface area (Å²) in [5.74, 6) is 0.0913. The van der Waals surface area contributed by atoms with E-state index in [4.69, 9.17) is 0 Å². The molecule has 0 unspecified atom stereocenters. The van der Waals surface area contributed by atoms with Crippen LogP contribution in [0.4, 0.5) is 8.78 Å². The topological polar surface area (TPSA) is 17.8 Å². The molecule has 0 N–H and O–H groups in total. The van der Waals surface area contributed by atoms with Gasteiger partial charge in [-0.1, -0.05) is 13.8 Å². The van der Waals surface area contributed by atoms with Crippen LogP contribution < -0.4 is 0 Å². The third-order valence-corrected chi connectivity index (χ3v) is 2.68. The molecule has 0 radical (unpaired) electrons. The van der Waals surface area contributed by atoms with Crippen LogP contribution in [0.1, 0.15) is 37.3 Å². The lowest BCUT2D eigenvalue weighted by molar-refractivity contribution is 0.150. The Morgan fingerprint density at radius 3 is 2.44 bits per heavy atom. The Balaban J connectivity index is 2.70. The molecule has 0 saturated carbocycles. The van der Waals surface area contributed by atoms with Gasteiger partial charge in [0, 0.05) is 24.2 Å². The molecule has 0 aliphatic rings. The van der Waals surface area contributed by atoms with Gasteiger partial charge in [0.05, 0.1) is 5.52 Å². The Hall–Kier alpha value is -1.45. The van der Waals surface area contributed by atoms with Gasteiger partial charge in [0.15, 0.2) is 0 Å². The molecule has 0 saturated heterocycles. The van der Waals surface area contributed by atoms with E-state index in [1.807, 2.05) is 26.1 Å². The van der Waals surface area contributed by atoms with Crippen LogP contribution in [0.3, 0.4) is 0 Å². The van der Waals surface area contributed by atoms with Crippen LogP contribution >= 0.6 is 0 Å². The third kappa shape index (κ3) is 1.79. The fraction of sp³-hybridized carbons (Fsp3) is 0.417. The maximum absolute atomic E-state index is 12.9. The molecule has 1 heterocycles. The zero-order valence-electron chi connectivity index (χ0n) is 9.54. The number of benzene rings is 1. The second-order valence-electron chi connectivity index (χ2n) is 4.30. The SMILES string of the molecule is CC(C)c1cc2cn(C)nc2cc1C(F)F. The van der Waals surface area contributed by atoms with Gasteiger partial charge in [0.2, 0.25) is 0 Å². The maximum atomic E-state index is 12.9. The minimum atomic E-state index is -2.44. The number of hydrogen-bond acceptors (Lipinski definition) is 1. The lowest BCUT2D eigenvalue weighted by atomic mass is 9.96. The minimum Gasteiger partial charge on any atom is -0.275 e. The van der Waals surface area contributed by atoms with E-state index in [9.17, 15) is 8.78 Å². The van der Waals surface area contributed by atoms with Crippen molar-refractivity contribution in [1.82, 2.24) is 9.78 Å². The van der Waals surface area contributed by atoms with Crippen molar-refractivity contribution in [3.05, 3.63) is 29.5 Å². The fourth-order valence-corrected chi connectivity index (χ4v) is 1.92. The molecular weight excluding hydrogens is 210 g/mol. The van der Waals surface area contributed by atoms with Crippen molar-refractivity contribution in [1.29, 1.82) is 0 Å². The van der Waals surface area contributed by atoms with Crippen molar-refractivity contribution >= 4 is 10.9 Å². The Kier molecular flexibility index (Phi) is 2.66. The van der Waals surface area contributed by atoms with Gasteiger partial charge in [-0.15, -0.1) is 0 Å². The normalized spacial score (nSPS) is 11.9. The quantitative estimate of drug-likeness (QED) is 0.761. The Morgan fingerprint density at radius 2 is 1.88 bits per heavy atom. The molecule has 0 bridgehead atoms. The summed E-state index contributed by atoms with van der Waals surface area (Å²) in [5.41, 5.74) is 1.43. The Bertz CT molecular complexity index is 470. The van der Waals surface area contributed by atoms with Crippen LogP contribution in [0.2, 0.25) is 0 Å². The number of aryl methyl sites for hydroxylation is 1. The van der Waals surface area contributed by atoms with E-state index in [0.29, 0.717) is 11.1 Å². The van der Waals surface area contributed by atoms with Gasteiger partial charge in [-0.25, -0.2) is 8.78 Å². The molecule has 86 valence electrons. The lowest BCUT2D eigenvalue weighted by Gasteiger charge is -2.11. The smallest absolute Gasteiger partial charge is 0.264 e. The Labute approximate surface area is 92.9 Å². The first kappa shape index (κ1) is 11.0. The molecule has 1 aromatic carbocycles. The van der Waals surface area contributed by atoms with Crippen molar-refractivity contribution in [2.75, 3.05) is 0 Å². The van der Waals surface area contributed by atoms with Crippen LogP contribution in [0.25, 0.3) is 10.9 Å². The molecule has 0 amide bonds. The molecule has 4 heteroatoms. The van der Waals surface area contributed by atoms with Crippen molar-refractivity contribution < 1.29 is 8.78 Å². The monoisotopic (exact) mass is 224 g/mol. The van der Waals surface area contributed by atoms with Gasteiger partial charge in [0.25, 0.3) is 6.43 Å². The summed E-state index contributed by atoms with van der Waals surface area (Å²) in [6.07, 6.45) is -0.597. The highest BCUT2D eigenvalue weighted by molar-refractivity contribution is 5.80. The highest BCUT2D eigenvalue weighted by atomic mass is 19.3. The van der Waals surface area contributed by atoms with E-state index >= 15 is 0 Å². The summed E-state index contributed by atoms with van der Waals surface area (Å²) < 4.78 is 27.4. The van der Waals surface area contributed by atoms with Crippen LogP contribution in [0, 0.1) is 0 Å². The highest BCUT2D eigenvalue weighted by Crippen LogP contribution is 2.31. The molecule has 2 aromatic rings. The minimum absolute atomic E-state index is 0.0913. The zero-order valence-corrected chi connectivity index (χ0v) is 9.54. The number of hydrogen-bond donors (Lipinski definition) is 0. The van der Waals surface area contributed by atoms with Crippen LogP contribution in [0.5, 0.6) is 0 Å². The van der Waals surface area contributed by atoms with E-state index < -0.39 is 6.43 Å². The van der Waals surface area contributed by atoms with Crippen molar-refractivity contribution in [2.45, 2.75) is 26.2 Å². The first-order chi connectivity index (χ1) is 7.49. The molecular formula is C12H14F2N2. The van der Waals surface area contributed by atoms with Crippen LogP contribution in [0.15, 0.2) is 18.3 Å². The first-order valence-electron chi connectivity index (χ1n) is 5.24. The molecule has 2 rings (SSSR count). The third-order valence-electron chi connectivity index (χ3n) is 2.68. The van der Waals surface area contributed by atoms with E-state index in [0.717, 1.165) is 5.39 Å². The van der Waals surface area contributed by atoms with E-state index in [2.05, 4.69) is 5.10 Å². The maximum Gasteiger partial charge on any atom is 0.264 e. The summed E-state index contributed by atoms with van der Waals surface area (Å²) in [5, 5.41) is 5.05. The standard InChI is InChI=1S/C12H14F2N2/c1-7(2)9-4-8-6-16(3)15-11(8)5-10(9)12(13)14/h4-7,12H,1-3H3. The van der Waals surface area contributed by atoms with Gasteiger partial charge >= 0.3 is 0 Å². The average Bonchev–Trinajstić information content (AvgIpc) is 2.54. The lowest BCUT2D eigenvalue weighted by Crippen LogP contribution is -1.96. The summed E-state index contributed by atoms with van der Waals surface area (Å²) in [7, 11) is 1.79. The van der Waals surface area contributed by atoms with Crippen LogP contribution in [-0.2, 0) is 7.05 Å². The number of nitrogens with zero attached hydrogens (tertiary/aromatic N) is 2. The van der Waals surface area contributed by atoms with Crippen LogP contribution in [-0.4, -0.2) is 9.78 Å². The van der Waals surface area contributed by atoms with Gasteiger partial charge in [-0.05, 0) is 23.6 Å².